The first-order valence-corrected chi connectivity index (χ1v) is 3.90. The van der Waals surface area contributed by atoms with Crippen molar-refractivity contribution in [2.45, 2.75) is 25.9 Å². The van der Waals surface area contributed by atoms with Crippen LogP contribution < -0.4 is 10.9 Å². The van der Waals surface area contributed by atoms with Crippen molar-refractivity contribution in [3.63, 3.8) is 0 Å². The van der Waals surface area contributed by atoms with E-state index in [0.717, 1.165) is 0 Å². The molecule has 0 amide bonds. The van der Waals surface area contributed by atoms with E-state index in [4.69, 9.17) is 0 Å². The van der Waals surface area contributed by atoms with Gasteiger partial charge >= 0.3 is 0 Å². The Hall–Kier alpha value is -0.120. The Morgan fingerprint density at radius 3 is 2.40 bits per heavy atom. The normalized spacial score (nSPS) is 21.6. The molecule has 0 aromatic rings. The largest absolute Gasteiger partial charge is 0.298 e. The quantitative estimate of drug-likeness (QED) is 0.536. The van der Waals surface area contributed by atoms with Gasteiger partial charge in [-0.15, -0.1) is 0 Å². The van der Waals surface area contributed by atoms with Crippen LogP contribution in [0, 0.1) is 0 Å². The highest BCUT2D eigenvalue weighted by atomic mass is 15.4. The molecule has 0 radical (unpaired) electrons. The van der Waals surface area contributed by atoms with E-state index in [1.54, 1.807) is 0 Å². The maximum Gasteiger partial charge on any atom is 0.0467 e. The third kappa shape index (κ3) is 1.68. The Morgan fingerprint density at radius 1 is 1.40 bits per heavy atom. The highest BCUT2D eigenvalue weighted by Gasteiger charge is 2.27. The van der Waals surface area contributed by atoms with Crippen LogP contribution in [-0.4, -0.2) is 37.1 Å². The van der Waals surface area contributed by atoms with Crippen LogP contribution in [0.3, 0.4) is 0 Å². The third-order valence-electron chi connectivity index (χ3n) is 1.99. The van der Waals surface area contributed by atoms with Crippen LogP contribution >= 0.6 is 0 Å². The molecule has 0 aromatic carbocycles. The van der Waals surface area contributed by atoms with Gasteiger partial charge in [0.25, 0.3) is 0 Å². The number of likely N-dealkylation sites (tertiary alicyclic amines) is 1. The lowest BCUT2D eigenvalue weighted by Gasteiger charge is -2.42. The van der Waals surface area contributed by atoms with Gasteiger partial charge in [-0.25, -0.2) is 0 Å². The molecule has 60 valence electrons. The van der Waals surface area contributed by atoms with E-state index in [1.807, 2.05) is 7.05 Å². The Balaban J connectivity index is 2.06. The molecule has 0 bridgehead atoms. The SMILES string of the molecule is CNNC1CN(C(C)C)C1. The fraction of sp³-hybridized carbons (Fsp3) is 1.00. The maximum atomic E-state index is 3.18. The first kappa shape index (κ1) is 7.98. The topological polar surface area (TPSA) is 27.3 Å². The minimum absolute atomic E-state index is 0.660. The van der Waals surface area contributed by atoms with Crippen molar-refractivity contribution in [3.8, 4) is 0 Å². The summed E-state index contributed by atoms with van der Waals surface area (Å²) in [6, 6.07) is 1.36. The number of hydrogen-bond acceptors (Lipinski definition) is 3. The van der Waals surface area contributed by atoms with Crippen LogP contribution in [0.2, 0.25) is 0 Å². The first-order chi connectivity index (χ1) is 4.74. The van der Waals surface area contributed by atoms with Gasteiger partial charge in [0.1, 0.15) is 0 Å². The number of rotatable bonds is 3. The van der Waals surface area contributed by atoms with E-state index in [-0.39, 0.29) is 0 Å². The van der Waals surface area contributed by atoms with Crippen LogP contribution in [0.4, 0.5) is 0 Å². The molecule has 1 heterocycles. The maximum absolute atomic E-state index is 3.18. The van der Waals surface area contributed by atoms with E-state index < -0.39 is 0 Å². The second-order valence-corrected chi connectivity index (χ2v) is 3.14. The molecular weight excluding hydrogens is 126 g/mol. The lowest BCUT2D eigenvalue weighted by molar-refractivity contribution is 0.0857. The van der Waals surface area contributed by atoms with Crippen molar-refractivity contribution in [1.29, 1.82) is 0 Å². The van der Waals surface area contributed by atoms with Crippen molar-refractivity contribution in [2.24, 2.45) is 0 Å². The van der Waals surface area contributed by atoms with Gasteiger partial charge in [-0.2, -0.15) is 0 Å². The van der Waals surface area contributed by atoms with E-state index in [2.05, 4.69) is 29.6 Å². The lowest BCUT2D eigenvalue weighted by atomic mass is 10.1. The molecule has 3 nitrogen and oxygen atoms in total. The molecule has 1 saturated heterocycles. The standard InChI is InChI=1S/C7H17N3/c1-6(2)10-4-7(5-10)9-8-3/h6-9H,4-5H2,1-3H3. The van der Waals surface area contributed by atoms with Crippen molar-refractivity contribution < 1.29 is 0 Å². The predicted octanol–water partition coefficient (Wildman–Crippen LogP) is -0.197. The van der Waals surface area contributed by atoms with Gasteiger partial charge in [-0.3, -0.25) is 15.8 Å². The van der Waals surface area contributed by atoms with E-state index in [0.29, 0.717) is 12.1 Å². The van der Waals surface area contributed by atoms with Crippen LogP contribution in [0.1, 0.15) is 13.8 Å². The van der Waals surface area contributed by atoms with Gasteiger partial charge in [0.15, 0.2) is 0 Å². The number of nitrogens with one attached hydrogen (secondary N) is 2. The molecule has 0 aromatic heterocycles. The number of hydrogen-bond donors (Lipinski definition) is 2. The zero-order valence-corrected chi connectivity index (χ0v) is 7.02. The molecular formula is C7H17N3. The summed E-state index contributed by atoms with van der Waals surface area (Å²) in [7, 11) is 1.91. The van der Waals surface area contributed by atoms with Gasteiger partial charge < -0.3 is 0 Å². The highest BCUT2D eigenvalue weighted by molar-refractivity contribution is 4.85. The van der Waals surface area contributed by atoms with Gasteiger partial charge in [-0.05, 0) is 20.9 Å². The van der Waals surface area contributed by atoms with Crippen molar-refractivity contribution in [2.75, 3.05) is 20.1 Å². The predicted molar refractivity (Wildman–Crippen MR) is 42.7 cm³/mol. The molecule has 1 rings (SSSR count). The van der Waals surface area contributed by atoms with E-state index in [1.165, 1.54) is 13.1 Å². The summed E-state index contributed by atoms with van der Waals surface area (Å²) in [5.74, 6) is 0. The van der Waals surface area contributed by atoms with E-state index >= 15 is 0 Å². The minimum atomic E-state index is 0.660. The fourth-order valence-electron chi connectivity index (χ4n) is 1.23. The third-order valence-corrected chi connectivity index (χ3v) is 1.99. The molecule has 1 fully saturated rings. The van der Waals surface area contributed by atoms with Crippen LogP contribution in [0.15, 0.2) is 0 Å². The summed E-state index contributed by atoms with van der Waals surface area (Å²) in [5, 5.41) is 0. The average molecular weight is 143 g/mol. The minimum Gasteiger partial charge on any atom is -0.298 e. The first-order valence-electron chi connectivity index (χ1n) is 3.90. The van der Waals surface area contributed by atoms with Crippen molar-refractivity contribution in [1.82, 2.24) is 15.8 Å². The highest BCUT2D eigenvalue weighted by Crippen LogP contribution is 2.10. The summed E-state index contributed by atoms with van der Waals surface area (Å²) in [6.07, 6.45) is 0. The van der Waals surface area contributed by atoms with E-state index in [9.17, 15) is 0 Å². The van der Waals surface area contributed by atoms with Gasteiger partial charge in [-0.1, -0.05) is 0 Å². The summed E-state index contributed by atoms with van der Waals surface area (Å²) >= 11 is 0. The monoisotopic (exact) mass is 143 g/mol. The Bertz CT molecular complexity index is 97.0. The zero-order valence-electron chi connectivity index (χ0n) is 7.02. The van der Waals surface area contributed by atoms with Crippen LogP contribution in [0.25, 0.3) is 0 Å². The number of nitrogens with zero attached hydrogens (tertiary/aromatic N) is 1. The van der Waals surface area contributed by atoms with Crippen LogP contribution in [-0.2, 0) is 0 Å². The van der Waals surface area contributed by atoms with Gasteiger partial charge in [0.05, 0.1) is 0 Å². The average Bonchev–Trinajstić information content (AvgIpc) is 1.76. The summed E-state index contributed by atoms with van der Waals surface area (Å²) in [6.45, 7) is 6.82. The number of hydrazine groups is 1. The zero-order chi connectivity index (χ0) is 7.56. The Morgan fingerprint density at radius 2 is 2.00 bits per heavy atom. The second kappa shape index (κ2) is 3.32. The molecule has 0 spiro atoms. The molecule has 0 unspecified atom stereocenters. The van der Waals surface area contributed by atoms with Crippen LogP contribution in [0.5, 0.6) is 0 Å². The smallest absolute Gasteiger partial charge is 0.0467 e. The molecule has 1 aliphatic heterocycles. The summed E-state index contributed by atoms with van der Waals surface area (Å²) in [4.78, 5) is 2.44. The Kier molecular flexibility index (Phi) is 2.65. The summed E-state index contributed by atoms with van der Waals surface area (Å²) in [5.41, 5.74) is 6.13. The molecule has 3 heteroatoms. The van der Waals surface area contributed by atoms with Crippen molar-refractivity contribution in [3.05, 3.63) is 0 Å². The molecule has 10 heavy (non-hydrogen) atoms. The second-order valence-electron chi connectivity index (χ2n) is 3.14. The van der Waals surface area contributed by atoms with Crippen molar-refractivity contribution >= 4 is 0 Å². The molecule has 0 saturated carbocycles. The lowest BCUT2D eigenvalue weighted by Crippen LogP contribution is -2.62. The summed E-state index contributed by atoms with van der Waals surface area (Å²) < 4.78 is 0. The molecule has 1 aliphatic rings. The molecule has 2 N–H and O–H groups in total. The fourth-order valence-corrected chi connectivity index (χ4v) is 1.23. The van der Waals surface area contributed by atoms with Gasteiger partial charge in [0.2, 0.25) is 0 Å². The molecule has 0 aliphatic carbocycles. The Labute approximate surface area is 62.8 Å². The molecule has 0 atom stereocenters. The van der Waals surface area contributed by atoms with Gasteiger partial charge in [0, 0.05) is 25.2 Å².